The summed E-state index contributed by atoms with van der Waals surface area (Å²) in [5.41, 5.74) is -0.532. The van der Waals surface area contributed by atoms with Gasteiger partial charge in [0.25, 0.3) is 5.78 Å². The minimum atomic E-state index is -4.94. The maximum absolute atomic E-state index is 12.1. The highest BCUT2D eigenvalue weighted by Crippen LogP contribution is 2.21. The summed E-state index contributed by atoms with van der Waals surface area (Å²) >= 11 is 0. The fraction of sp³-hybridized carbons (Fsp3) is 0.300. The number of halogens is 3. The van der Waals surface area contributed by atoms with Crippen molar-refractivity contribution < 1.29 is 22.8 Å². The standard InChI is InChI=1S/C10H8F3N3O2/c11-10(12,13)9(18)7-1-4-16(5-7)6-8(17)15-3-2-14/h1,4-5H,3,6H2,(H,15,17). The summed E-state index contributed by atoms with van der Waals surface area (Å²) in [4.78, 5) is 22.0. The van der Waals surface area contributed by atoms with Crippen molar-refractivity contribution >= 4 is 11.7 Å². The molecule has 0 bridgehead atoms. The third kappa shape index (κ3) is 3.62. The molecule has 0 saturated heterocycles. The van der Waals surface area contributed by atoms with E-state index in [9.17, 15) is 22.8 Å². The Morgan fingerprint density at radius 1 is 1.44 bits per heavy atom. The Labute approximate surface area is 99.8 Å². The topological polar surface area (TPSA) is 74.9 Å². The molecule has 8 heteroatoms. The molecule has 0 unspecified atom stereocenters. The quantitative estimate of drug-likeness (QED) is 0.644. The van der Waals surface area contributed by atoms with E-state index in [1.807, 2.05) is 0 Å². The average Bonchev–Trinajstić information content (AvgIpc) is 2.72. The second-order valence-corrected chi connectivity index (χ2v) is 3.33. The van der Waals surface area contributed by atoms with Crippen molar-refractivity contribution in [2.45, 2.75) is 12.7 Å². The van der Waals surface area contributed by atoms with E-state index in [0.717, 1.165) is 16.8 Å². The molecule has 1 aromatic heterocycles. The van der Waals surface area contributed by atoms with Gasteiger partial charge in [0.15, 0.2) is 0 Å². The number of amides is 1. The molecule has 0 fully saturated rings. The van der Waals surface area contributed by atoms with Crippen LogP contribution in [0.25, 0.3) is 0 Å². The highest BCUT2D eigenvalue weighted by atomic mass is 19.4. The maximum Gasteiger partial charge on any atom is 0.454 e. The predicted octanol–water partition coefficient (Wildman–Crippen LogP) is 0.873. The molecule has 0 aromatic carbocycles. The molecule has 0 saturated carbocycles. The van der Waals surface area contributed by atoms with Gasteiger partial charge in [-0.2, -0.15) is 18.4 Å². The second-order valence-electron chi connectivity index (χ2n) is 3.33. The molecule has 1 heterocycles. The van der Waals surface area contributed by atoms with Crippen molar-refractivity contribution in [1.29, 1.82) is 5.26 Å². The smallest absolute Gasteiger partial charge is 0.344 e. The lowest BCUT2D eigenvalue weighted by molar-refractivity contribution is -0.121. The van der Waals surface area contributed by atoms with Crippen LogP contribution in [-0.4, -0.2) is 29.0 Å². The molecule has 1 rings (SSSR count). The van der Waals surface area contributed by atoms with Gasteiger partial charge in [-0.1, -0.05) is 0 Å². The van der Waals surface area contributed by atoms with Crippen LogP contribution in [0.5, 0.6) is 0 Å². The lowest BCUT2D eigenvalue weighted by Gasteiger charge is -2.03. The van der Waals surface area contributed by atoms with Gasteiger partial charge in [-0.25, -0.2) is 0 Å². The number of rotatable bonds is 4. The van der Waals surface area contributed by atoms with Gasteiger partial charge in [0.2, 0.25) is 5.91 Å². The van der Waals surface area contributed by atoms with Crippen molar-refractivity contribution in [3.05, 3.63) is 24.0 Å². The number of nitrogens with one attached hydrogen (secondary N) is 1. The fourth-order valence-electron chi connectivity index (χ4n) is 1.20. The van der Waals surface area contributed by atoms with E-state index < -0.39 is 23.4 Å². The fourth-order valence-corrected chi connectivity index (χ4v) is 1.20. The van der Waals surface area contributed by atoms with Crippen LogP contribution in [-0.2, 0) is 11.3 Å². The van der Waals surface area contributed by atoms with Gasteiger partial charge >= 0.3 is 6.18 Å². The summed E-state index contributed by atoms with van der Waals surface area (Å²) in [5.74, 6) is -2.49. The molecular weight excluding hydrogens is 251 g/mol. The summed E-state index contributed by atoms with van der Waals surface area (Å²) < 4.78 is 37.4. The number of Topliss-reactive ketones (excluding diaryl/α,β-unsaturated/α-hetero) is 1. The van der Waals surface area contributed by atoms with Crippen LogP contribution >= 0.6 is 0 Å². The minimum absolute atomic E-state index is 0.186. The van der Waals surface area contributed by atoms with Gasteiger partial charge in [-0.15, -0.1) is 0 Å². The number of carbonyl (C=O) groups is 2. The van der Waals surface area contributed by atoms with Gasteiger partial charge in [-0.05, 0) is 6.07 Å². The van der Waals surface area contributed by atoms with Crippen LogP contribution in [0.15, 0.2) is 18.5 Å². The van der Waals surface area contributed by atoms with Crippen molar-refractivity contribution in [3.8, 4) is 6.07 Å². The average molecular weight is 259 g/mol. The number of aromatic nitrogens is 1. The first kappa shape index (κ1) is 13.8. The van der Waals surface area contributed by atoms with Crippen molar-refractivity contribution in [3.63, 3.8) is 0 Å². The molecule has 0 aliphatic rings. The van der Waals surface area contributed by atoms with Gasteiger partial charge in [0, 0.05) is 18.0 Å². The zero-order valence-electron chi connectivity index (χ0n) is 8.99. The second kappa shape index (κ2) is 5.35. The molecule has 0 aliphatic heterocycles. The molecule has 18 heavy (non-hydrogen) atoms. The zero-order chi connectivity index (χ0) is 13.8. The minimum Gasteiger partial charge on any atom is -0.344 e. The molecule has 0 spiro atoms. The largest absolute Gasteiger partial charge is 0.454 e. The Morgan fingerprint density at radius 3 is 2.67 bits per heavy atom. The summed E-state index contributed by atoms with van der Waals surface area (Å²) in [5, 5.41) is 10.4. The monoisotopic (exact) mass is 259 g/mol. The maximum atomic E-state index is 12.1. The molecule has 96 valence electrons. The highest BCUT2D eigenvalue weighted by Gasteiger charge is 2.39. The van der Waals surface area contributed by atoms with Gasteiger partial charge in [0.05, 0.1) is 6.07 Å². The van der Waals surface area contributed by atoms with Crippen LogP contribution in [0.2, 0.25) is 0 Å². The van der Waals surface area contributed by atoms with Crippen LogP contribution in [0.3, 0.4) is 0 Å². The molecule has 5 nitrogen and oxygen atoms in total. The van der Waals surface area contributed by atoms with Crippen LogP contribution in [0.1, 0.15) is 10.4 Å². The van der Waals surface area contributed by atoms with Crippen LogP contribution in [0.4, 0.5) is 13.2 Å². The number of hydrogen-bond donors (Lipinski definition) is 1. The van der Waals surface area contributed by atoms with E-state index in [1.165, 1.54) is 6.20 Å². The molecule has 0 atom stereocenters. The predicted molar refractivity (Wildman–Crippen MR) is 53.4 cm³/mol. The summed E-state index contributed by atoms with van der Waals surface area (Å²) in [6, 6.07) is 2.66. The number of nitrogens with zero attached hydrogens (tertiary/aromatic N) is 2. The molecule has 0 radical (unpaired) electrons. The third-order valence-electron chi connectivity index (χ3n) is 1.96. The van der Waals surface area contributed by atoms with E-state index in [4.69, 9.17) is 5.26 Å². The van der Waals surface area contributed by atoms with E-state index in [2.05, 4.69) is 5.32 Å². The van der Waals surface area contributed by atoms with Crippen molar-refractivity contribution in [2.24, 2.45) is 0 Å². The number of nitriles is 1. The molecule has 1 amide bonds. The first-order chi connectivity index (χ1) is 8.34. The summed E-state index contributed by atoms with van der Waals surface area (Å²) in [6.45, 7) is -0.443. The van der Waals surface area contributed by atoms with E-state index in [0.29, 0.717) is 0 Å². The van der Waals surface area contributed by atoms with Crippen molar-refractivity contribution in [2.75, 3.05) is 6.54 Å². The van der Waals surface area contributed by atoms with E-state index in [1.54, 1.807) is 6.07 Å². The molecular formula is C10H8F3N3O2. The third-order valence-corrected chi connectivity index (χ3v) is 1.96. The zero-order valence-corrected chi connectivity index (χ0v) is 8.99. The van der Waals surface area contributed by atoms with Crippen LogP contribution < -0.4 is 5.32 Å². The SMILES string of the molecule is N#CCNC(=O)Cn1ccc(C(=O)C(F)(F)F)c1. The lowest BCUT2D eigenvalue weighted by atomic mass is 10.2. The van der Waals surface area contributed by atoms with Gasteiger partial charge in [0.1, 0.15) is 13.1 Å². The van der Waals surface area contributed by atoms with Gasteiger partial charge < -0.3 is 9.88 Å². The number of carbonyl (C=O) groups excluding carboxylic acids is 2. The van der Waals surface area contributed by atoms with E-state index >= 15 is 0 Å². The Hall–Kier alpha value is -2.30. The lowest BCUT2D eigenvalue weighted by Crippen LogP contribution is -2.27. The summed E-state index contributed by atoms with van der Waals surface area (Å²) in [7, 11) is 0. The van der Waals surface area contributed by atoms with Crippen LogP contribution in [0, 0.1) is 11.3 Å². The summed E-state index contributed by atoms with van der Waals surface area (Å²) in [6.07, 6.45) is -2.82. The Bertz CT molecular complexity index is 499. The Balaban J connectivity index is 2.67. The molecule has 1 N–H and O–H groups in total. The van der Waals surface area contributed by atoms with E-state index in [-0.39, 0.29) is 13.1 Å². The normalized spacial score (nSPS) is 10.8. The Kier molecular flexibility index (Phi) is 4.09. The Morgan fingerprint density at radius 2 is 2.11 bits per heavy atom. The first-order valence-electron chi connectivity index (χ1n) is 4.75. The molecule has 1 aromatic rings. The number of ketones is 1. The molecule has 0 aliphatic carbocycles. The number of hydrogen-bond acceptors (Lipinski definition) is 3. The highest BCUT2D eigenvalue weighted by molar-refractivity contribution is 6.00. The van der Waals surface area contributed by atoms with Crippen molar-refractivity contribution in [1.82, 2.24) is 9.88 Å². The van der Waals surface area contributed by atoms with Gasteiger partial charge in [-0.3, -0.25) is 9.59 Å². The first-order valence-corrected chi connectivity index (χ1v) is 4.75. The number of alkyl halides is 3.